The van der Waals surface area contributed by atoms with Crippen LogP contribution in [-0.4, -0.2) is 11.3 Å². The predicted molar refractivity (Wildman–Crippen MR) is 56.3 cm³/mol. The Balaban J connectivity index is 2.59. The third-order valence-corrected chi connectivity index (χ3v) is 2.29. The molecule has 1 heterocycles. The molecule has 2 aromatic rings. The number of hydrogen-bond acceptors (Lipinski definition) is 2. The molecule has 0 aliphatic carbocycles. The van der Waals surface area contributed by atoms with Gasteiger partial charge < -0.3 is 10.7 Å². The van der Waals surface area contributed by atoms with E-state index in [0.717, 1.165) is 22.9 Å². The van der Waals surface area contributed by atoms with Crippen molar-refractivity contribution in [3.63, 3.8) is 0 Å². The Morgan fingerprint density at radius 2 is 2.21 bits per heavy atom. The standard InChI is InChI=1S/C11H12N2O/c1-7(12)11-5-9-4-8(6-14)2-3-10(9)13-11/h2-7,13H,12H2,1H3. The van der Waals surface area contributed by atoms with Gasteiger partial charge in [-0.15, -0.1) is 0 Å². The molecule has 1 aromatic heterocycles. The number of rotatable bonds is 2. The molecule has 0 radical (unpaired) electrons. The molecule has 1 unspecified atom stereocenters. The summed E-state index contributed by atoms with van der Waals surface area (Å²) < 4.78 is 0. The van der Waals surface area contributed by atoms with E-state index in [1.807, 2.05) is 25.1 Å². The Hall–Kier alpha value is -1.61. The van der Waals surface area contributed by atoms with Crippen molar-refractivity contribution >= 4 is 17.2 Å². The Morgan fingerprint density at radius 1 is 1.43 bits per heavy atom. The number of nitrogens with one attached hydrogen (secondary N) is 1. The maximum atomic E-state index is 10.6. The third-order valence-electron chi connectivity index (χ3n) is 2.29. The molecule has 3 heteroatoms. The molecule has 14 heavy (non-hydrogen) atoms. The summed E-state index contributed by atoms with van der Waals surface area (Å²) in [7, 11) is 0. The molecule has 0 bridgehead atoms. The van der Waals surface area contributed by atoms with Crippen LogP contribution >= 0.6 is 0 Å². The number of benzene rings is 1. The zero-order valence-corrected chi connectivity index (χ0v) is 7.95. The molecule has 3 nitrogen and oxygen atoms in total. The molecule has 1 aromatic carbocycles. The van der Waals surface area contributed by atoms with Gasteiger partial charge in [-0.25, -0.2) is 0 Å². The maximum absolute atomic E-state index is 10.6. The van der Waals surface area contributed by atoms with E-state index in [0.29, 0.717) is 5.56 Å². The Morgan fingerprint density at radius 3 is 2.86 bits per heavy atom. The van der Waals surface area contributed by atoms with E-state index in [-0.39, 0.29) is 6.04 Å². The zero-order chi connectivity index (χ0) is 10.1. The van der Waals surface area contributed by atoms with E-state index in [2.05, 4.69) is 4.98 Å². The minimum Gasteiger partial charge on any atom is -0.357 e. The maximum Gasteiger partial charge on any atom is 0.150 e. The summed E-state index contributed by atoms with van der Waals surface area (Å²) in [6.07, 6.45) is 0.845. The first-order chi connectivity index (χ1) is 6.70. The molecule has 0 saturated carbocycles. The lowest BCUT2D eigenvalue weighted by Crippen LogP contribution is -2.04. The molecule has 0 aliphatic heterocycles. The van der Waals surface area contributed by atoms with E-state index < -0.39 is 0 Å². The van der Waals surface area contributed by atoms with Crippen molar-refractivity contribution in [1.29, 1.82) is 0 Å². The lowest BCUT2D eigenvalue weighted by atomic mass is 10.1. The van der Waals surface area contributed by atoms with Crippen LogP contribution < -0.4 is 5.73 Å². The second-order valence-corrected chi connectivity index (χ2v) is 3.48. The number of nitrogens with two attached hydrogens (primary N) is 1. The number of fused-ring (bicyclic) bond motifs is 1. The van der Waals surface area contributed by atoms with Gasteiger partial charge in [0.15, 0.2) is 0 Å². The average Bonchev–Trinajstić information content (AvgIpc) is 2.59. The van der Waals surface area contributed by atoms with Crippen LogP contribution in [-0.2, 0) is 0 Å². The largest absolute Gasteiger partial charge is 0.357 e. The van der Waals surface area contributed by atoms with Crippen LogP contribution in [0.25, 0.3) is 10.9 Å². The smallest absolute Gasteiger partial charge is 0.150 e. The van der Waals surface area contributed by atoms with Gasteiger partial charge in [-0.05, 0) is 31.2 Å². The summed E-state index contributed by atoms with van der Waals surface area (Å²) in [5, 5.41) is 1.03. The van der Waals surface area contributed by atoms with Gasteiger partial charge in [0, 0.05) is 28.2 Å². The normalized spacial score (nSPS) is 13.0. The van der Waals surface area contributed by atoms with Crippen molar-refractivity contribution < 1.29 is 4.79 Å². The van der Waals surface area contributed by atoms with Gasteiger partial charge >= 0.3 is 0 Å². The van der Waals surface area contributed by atoms with Crippen LogP contribution in [0.5, 0.6) is 0 Å². The molecule has 0 saturated heterocycles. The van der Waals surface area contributed by atoms with Crippen molar-refractivity contribution in [1.82, 2.24) is 4.98 Å². The van der Waals surface area contributed by atoms with Gasteiger partial charge in [0.2, 0.25) is 0 Å². The minimum absolute atomic E-state index is 0.0120. The first-order valence-electron chi connectivity index (χ1n) is 4.54. The van der Waals surface area contributed by atoms with Crippen LogP contribution in [0.3, 0.4) is 0 Å². The number of carbonyl (C=O) groups is 1. The van der Waals surface area contributed by atoms with Crippen LogP contribution in [0.2, 0.25) is 0 Å². The summed E-state index contributed by atoms with van der Waals surface area (Å²) in [5.41, 5.74) is 8.44. The molecule has 72 valence electrons. The number of aldehydes is 1. The second-order valence-electron chi connectivity index (χ2n) is 3.48. The second kappa shape index (κ2) is 3.27. The van der Waals surface area contributed by atoms with E-state index in [9.17, 15) is 4.79 Å². The van der Waals surface area contributed by atoms with Gasteiger partial charge in [-0.1, -0.05) is 0 Å². The summed E-state index contributed by atoms with van der Waals surface area (Å²) in [5.74, 6) is 0. The first-order valence-corrected chi connectivity index (χ1v) is 4.54. The van der Waals surface area contributed by atoms with Crippen molar-refractivity contribution in [2.75, 3.05) is 0 Å². The molecule has 0 amide bonds. The topological polar surface area (TPSA) is 58.9 Å². The first kappa shape index (κ1) is 8.97. The van der Waals surface area contributed by atoms with Crippen LogP contribution in [0.15, 0.2) is 24.3 Å². The third kappa shape index (κ3) is 1.42. The number of aromatic nitrogens is 1. The number of aromatic amines is 1. The van der Waals surface area contributed by atoms with E-state index in [1.165, 1.54) is 0 Å². The quantitative estimate of drug-likeness (QED) is 0.708. The van der Waals surface area contributed by atoms with Crippen molar-refractivity contribution in [3.05, 3.63) is 35.5 Å². The Labute approximate surface area is 81.9 Å². The van der Waals surface area contributed by atoms with Crippen molar-refractivity contribution in [3.8, 4) is 0 Å². The molecular weight excluding hydrogens is 176 g/mol. The summed E-state index contributed by atoms with van der Waals surface area (Å²) >= 11 is 0. The van der Waals surface area contributed by atoms with Gasteiger partial charge in [-0.3, -0.25) is 4.79 Å². The SMILES string of the molecule is CC(N)c1cc2cc(C=O)ccc2[nH]1. The fraction of sp³-hybridized carbons (Fsp3) is 0.182. The summed E-state index contributed by atoms with van der Waals surface area (Å²) in [4.78, 5) is 13.8. The number of carbonyl (C=O) groups excluding carboxylic acids is 1. The minimum atomic E-state index is -0.0120. The van der Waals surface area contributed by atoms with Crippen LogP contribution in [0.4, 0.5) is 0 Å². The summed E-state index contributed by atoms with van der Waals surface area (Å²) in [6, 6.07) is 7.50. The Kier molecular flexibility index (Phi) is 2.09. The zero-order valence-electron chi connectivity index (χ0n) is 7.95. The molecule has 1 atom stereocenters. The monoisotopic (exact) mass is 188 g/mol. The lowest BCUT2D eigenvalue weighted by molar-refractivity contribution is 0.112. The fourth-order valence-electron chi connectivity index (χ4n) is 1.49. The highest BCUT2D eigenvalue weighted by Crippen LogP contribution is 2.19. The van der Waals surface area contributed by atoms with Crippen LogP contribution in [0.1, 0.15) is 29.0 Å². The highest BCUT2D eigenvalue weighted by atomic mass is 16.1. The van der Waals surface area contributed by atoms with E-state index in [4.69, 9.17) is 5.73 Å². The molecule has 2 rings (SSSR count). The van der Waals surface area contributed by atoms with Gasteiger partial charge in [0.1, 0.15) is 6.29 Å². The van der Waals surface area contributed by atoms with Crippen LogP contribution in [0, 0.1) is 0 Å². The van der Waals surface area contributed by atoms with Gasteiger partial charge in [-0.2, -0.15) is 0 Å². The fourth-order valence-corrected chi connectivity index (χ4v) is 1.49. The van der Waals surface area contributed by atoms with Gasteiger partial charge in [0.05, 0.1) is 0 Å². The Bertz CT molecular complexity index is 471. The van der Waals surface area contributed by atoms with E-state index >= 15 is 0 Å². The molecule has 3 N–H and O–H groups in total. The average molecular weight is 188 g/mol. The number of hydrogen-bond donors (Lipinski definition) is 2. The molecular formula is C11H12N2O. The van der Waals surface area contributed by atoms with Gasteiger partial charge in [0.25, 0.3) is 0 Å². The predicted octanol–water partition coefficient (Wildman–Crippen LogP) is 2.00. The highest BCUT2D eigenvalue weighted by Gasteiger charge is 2.04. The van der Waals surface area contributed by atoms with Crippen molar-refractivity contribution in [2.45, 2.75) is 13.0 Å². The molecule has 0 aliphatic rings. The van der Waals surface area contributed by atoms with E-state index in [1.54, 1.807) is 6.07 Å². The molecule has 0 spiro atoms. The summed E-state index contributed by atoms with van der Waals surface area (Å²) in [6.45, 7) is 1.92. The highest BCUT2D eigenvalue weighted by molar-refractivity contribution is 5.87. The molecule has 0 fully saturated rings. The number of H-pyrrole nitrogens is 1. The lowest BCUT2D eigenvalue weighted by Gasteiger charge is -1.98. The van der Waals surface area contributed by atoms with Crippen molar-refractivity contribution in [2.24, 2.45) is 5.73 Å².